The molecule has 1 spiro atoms. The molecular formula is C15H19F2NO3S. The van der Waals surface area contributed by atoms with Gasteiger partial charge in [-0.3, -0.25) is 4.90 Å². The Morgan fingerprint density at radius 2 is 2.09 bits per heavy atom. The average Bonchev–Trinajstić information content (AvgIpc) is 2.75. The van der Waals surface area contributed by atoms with Gasteiger partial charge in [0.1, 0.15) is 0 Å². The molecule has 2 saturated heterocycles. The Bertz CT molecular complexity index is 665. The van der Waals surface area contributed by atoms with Gasteiger partial charge in [-0.15, -0.1) is 0 Å². The van der Waals surface area contributed by atoms with Gasteiger partial charge in [0.05, 0.1) is 23.7 Å². The highest BCUT2D eigenvalue weighted by Crippen LogP contribution is 2.30. The normalized spacial score (nSPS) is 28.3. The number of ether oxygens (including phenoxy) is 1. The summed E-state index contributed by atoms with van der Waals surface area (Å²) in [4.78, 5) is 2.14. The van der Waals surface area contributed by atoms with Crippen molar-refractivity contribution in [1.82, 2.24) is 4.90 Å². The van der Waals surface area contributed by atoms with E-state index >= 15 is 0 Å². The van der Waals surface area contributed by atoms with E-state index in [-0.39, 0.29) is 11.5 Å². The maximum absolute atomic E-state index is 13.2. The van der Waals surface area contributed by atoms with E-state index < -0.39 is 27.1 Å². The van der Waals surface area contributed by atoms with Crippen LogP contribution in [0.1, 0.15) is 12.0 Å². The van der Waals surface area contributed by atoms with Gasteiger partial charge in [-0.2, -0.15) is 0 Å². The fourth-order valence-corrected chi connectivity index (χ4v) is 5.17. The molecule has 0 N–H and O–H groups in total. The summed E-state index contributed by atoms with van der Waals surface area (Å²) in [6, 6.07) is 3.93. The molecule has 0 aliphatic carbocycles. The molecule has 2 aliphatic rings. The largest absolute Gasteiger partial charge is 0.371 e. The molecular weight excluding hydrogens is 312 g/mol. The van der Waals surface area contributed by atoms with E-state index in [1.807, 2.05) is 0 Å². The Balaban J connectivity index is 1.60. The van der Waals surface area contributed by atoms with Crippen molar-refractivity contribution in [3.05, 3.63) is 35.4 Å². The first-order valence-electron chi connectivity index (χ1n) is 7.38. The highest BCUT2D eigenvalue weighted by atomic mass is 32.2. The number of sulfone groups is 1. The Labute approximate surface area is 129 Å². The second-order valence-corrected chi connectivity index (χ2v) is 8.33. The van der Waals surface area contributed by atoms with Gasteiger partial charge in [-0.1, -0.05) is 6.07 Å². The van der Waals surface area contributed by atoms with Crippen molar-refractivity contribution in [3.63, 3.8) is 0 Å². The predicted molar refractivity (Wildman–Crippen MR) is 78.5 cm³/mol. The molecule has 1 unspecified atom stereocenters. The van der Waals surface area contributed by atoms with Crippen molar-refractivity contribution in [3.8, 4) is 0 Å². The van der Waals surface area contributed by atoms with Crippen LogP contribution in [-0.4, -0.2) is 56.7 Å². The number of hydrogen-bond acceptors (Lipinski definition) is 4. The molecule has 2 fully saturated rings. The van der Waals surface area contributed by atoms with Gasteiger partial charge in [-0.25, -0.2) is 17.2 Å². The van der Waals surface area contributed by atoms with Gasteiger partial charge in [0.25, 0.3) is 0 Å². The maximum Gasteiger partial charge on any atom is 0.159 e. The van der Waals surface area contributed by atoms with Crippen LogP contribution in [0.25, 0.3) is 0 Å². The fourth-order valence-electron chi connectivity index (χ4n) is 3.22. The summed E-state index contributed by atoms with van der Waals surface area (Å²) in [7, 11) is -3.00. The molecule has 1 aromatic rings. The topological polar surface area (TPSA) is 46.6 Å². The third-order valence-corrected chi connectivity index (χ3v) is 6.17. The number of benzene rings is 1. The summed E-state index contributed by atoms with van der Waals surface area (Å²) in [5.41, 5.74) is 0.156. The Hall–Kier alpha value is -1.05. The van der Waals surface area contributed by atoms with Crippen LogP contribution < -0.4 is 0 Å². The van der Waals surface area contributed by atoms with Crippen molar-refractivity contribution in [2.45, 2.75) is 18.4 Å². The quantitative estimate of drug-likeness (QED) is 0.840. The zero-order valence-corrected chi connectivity index (χ0v) is 13.0. The zero-order chi connectivity index (χ0) is 15.8. The minimum atomic E-state index is -3.00. The number of morpholine rings is 1. The van der Waals surface area contributed by atoms with E-state index in [0.29, 0.717) is 32.5 Å². The molecule has 122 valence electrons. The van der Waals surface area contributed by atoms with E-state index in [2.05, 4.69) is 4.90 Å². The van der Waals surface area contributed by atoms with E-state index in [0.717, 1.165) is 18.2 Å². The molecule has 3 rings (SSSR count). The highest BCUT2D eigenvalue weighted by molar-refractivity contribution is 7.91. The van der Waals surface area contributed by atoms with Crippen molar-refractivity contribution in [1.29, 1.82) is 0 Å². The minimum absolute atomic E-state index is 0.0850. The summed E-state index contributed by atoms with van der Waals surface area (Å²) >= 11 is 0. The first kappa shape index (κ1) is 15.8. The van der Waals surface area contributed by atoms with Crippen LogP contribution >= 0.6 is 0 Å². The van der Waals surface area contributed by atoms with Crippen LogP contribution in [0, 0.1) is 11.6 Å². The molecule has 1 aromatic carbocycles. The van der Waals surface area contributed by atoms with Gasteiger partial charge in [-0.05, 0) is 30.5 Å². The molecule has 0 amide bonds. The maximum atomic E-state index is 13.2. The van der Waals surface area contributed by atoms with Gasteiger partial charge < -0.3 is 4.74 Å². The van der Waals surface area contributed by atoms with Crippen molar-refractivity contribution >= 4 is 9.84 Å². The monoisotopic (exact) mass is 331 g/mol. The van der Waals surface area contributed by atoms with Gasteiger partial charge in [0, 0.05) is 19.6 Å². The molecule has 0 aromatic heterocycles. The molecule has 0 bridgehead atoms. The molecule has 4 nitrogen and oxygen atoms in total. The lowest BCUT2D eigenvalue weighted by molar-refractivity contribution is -0.0921. The summed E-state index contributed by atoms with van der Waals surface area (Å²) in [6.07, 6.45) is 1.14. The molecule has 1 atom stereocenters. The highest BCUT2D eigenvalue weighted by Gasteiger charge is 2.46. The first-order chi connectivity index (χ1) is 10.4. The molecule has 7 heteroatoms. The standard InChI is InChI=1S/C15H19F2NO3S/c16-13-2-1-12(9-14(13)17)3-5-18-6-7-21-15(10-18)4-8-22(19,20)11-15/h1-2,9H,3-8,10-11H2. The summed E-state index contributed by atoms with van der Waals surface area (Å²) in [6.45, 7) is 2.49. The van der Waals surface area contributed by atoms with Crippen LogP contribution in [-0.2, 0) is 21.0 Å². The molecule has 0 saturated carbocycles. The van der Waals surface area contributed by atoms with E-state index in [4.69, 9.17) is 4.74 Å². The van der Waals surface area contributed by atoms with Crippen LogP contribution in [0.3, 0.4) is 0 Å². The van der Waals surface area contributed by atoms with E-state index in [1.54, 1.807) is 6.07 Å². The molecule has 2 aliphatic heterocycles. The van der Waals surface area contributed by atoms with Crippen molar-refractivity contribution < 1.29 is 21.9 Å². The second-order valence-electron chi connectivity index (χ2n) is 6.15. The summed E-state index contributed by atoms with van der Waals surface area (Å²) in [5.74, 6) is -1.41. The summed E-state index contributed by atoms with van der Waals surface area (Å²) < 4.78 is 55.2. The minimum Gasteiger partial charge on any atom is -0.371 e. The zero-order valence-electron chi connectivity index (χ0n) is 12.2. The van der Waals surface area contributed by atoms with Crippen molar-refractivity contribution in [2.75, 3.05) is 37.7 Å². The van der Waals surface area contributed by atoms with E-state index in [9.17, 15) is 17.2 Å². The Morgan fingerprint density at radius 3 is 2.77 bits per heavy atom. The SMILES string of the molecule is O=S1(=O)CCC2(CN(CCc3ccc(F)c(F)c3)CCO2)C1. The van der Waals surface area contributed by atoms with Crippen LogP contribution in [0.15, 0.2) is 18.2 Å². The van der Waals surface area contributed by atoms with Gasteiger partial charge >= 0.3 is 0 Å². The third-order valence-electron chi connectivity index (χ3n) is 4.38. The first-order valence-corrected chi connectivity index (χ1v) is 9.20. The Morgan fingerprint density at radius 1 is 1.27 bits per heavy atom. The lowest BCUT2D eigenvalue weighted by Crippen LogP contribution is -2.53. The number of rotatable bonds is 3. The molecule has 0 radical (unpaired) electrons. The molecule has 22 heavy (non-hydrogen) atoms. The fraction of sp³-hybridized carbons (Fsp3) is 0.600. The Kier molecular flexibility index (Phi) is 4.22. The smallest absolute Gasteiger partial charge is 0.159 e. The molecule has 2 heterocycles. The third kappa shape index (κ3) is 3.47. The van der Waals surface area contributed by atoms with E-state index in [1.165, 1.54) is 6.07 Å². The lowest BCUT2D eigenvalue weighted by atomic mass is 10.0. The number of nitrogens with zero attached hydrogens (tertiary/aromatic N) is 1. The number of hydrogen-bond donors (Lipinski definition) is 0. The predicted octanol–water partition coefficient (Wildman–Crippen LogP) is 1.40. The van der Waals surface area contributed by atoms with Gasteiger partial charge in [0.15, 0.2) is 21.5 Å². The summed E-state index contributed by atoms with van der Waals surface area (Å²) in [5, 5.41) is 0. The average molecular weight is 331 g/mol. The van der Waals surface area contributed by atoms with Gasteiger partial charge in [0.2, 0.25) is 0 Å². The lowest BCUT2D eigenvalue weighted by Gasteiger charge is -2.39. The van der Waals surface area contributed by atoms with Crippen molar-refractivity contribution in [2.24, 2.45) is 0 Å². The van der Waals surface area contributed by atoms with Crippen LogP contribution in [0.2, 0.25) is 0 Å². The second kappa shape index (κ2) is 5.86. The van der Waals surface area contributed by atoms with Crippen LogP contribution in [0.4, 0.5) is 8.78 Å². The number of halogens is 2. The van der Waals surface area contributed by atoms with Crippen LogP contribution in [0.5, 0.6) is 0 Å².